The highest BCUT2D eigenvalue weighted by molar-refractivity contribution is 7.13. The predicted molar refractivity (Wildman–Crippen MR) is 214 cm³/mol. The average molecular weight is 745 g/mol. The summed E-state index contributed by atoms with van der Waals surface area (Å²) in [6.45, 7) is 11.2. The van der Waals surface area contributed by atoms with Crippen LogP contribution in [-0.4, -0.2) is 83.4 Å². The van der Waals surface area contributed by atoms with E-state index in [-0.39, 0.29) is 30.7 Å². The van der Waals surface area contributed by atoms with E-state index < -0.39 is 5.60 Å². The van der Waals surface area contributed by atoms with Crippen molar-refractivity contribution in [2.75, 3.05) is 50.8 Å². The van der Waals surface area contributed by atoms with Crippen molar-refractivity contribution >= 4 is 45.2 Å². The summed E-state index contributed by atoms with van der Waals surface area (Å²) in [6.07, 6.45) is 2.88. The van der Waals surface area contributed by atoms with E-state index in [9.17, 15) is 14.4 Å². The molecular formula is C44H48N4O5S. The first-order chi connectivity index (χ1) is 26.1. The van der Waals surface area contributed by atoms with Gasteiger partial charge in [0.05, 0.1) is 15.8 Å². The highest BCUT2D eigenvalue weighted by Gasteiger charge is 2.34. The average Bonchev–Trinajstić information content (AvgIpc) is 3.70. The number of ether oxygens (including phenoxy) is 2. The van der Waals surface area contributed by atoms with E-state index in [1.54, 1.807) is 35.8 Å². The van der Waals surface area contributed by atoms with Crippen LogP contribution in [-0.2, 0) is 35.2 Å². The molecule has 0 atom stereocenters. The van der Waals surface area contributed by atoms with Crippen molar-refractivity contribution in [2.24, 2.45) is 0 Å². The molecule has 0 unspecified atom stereocenters. The zero-order chi connectivity index (χ0) is 37.7. The fraction of sp³-hybridized carbons (Fsp3) is 0.364. The number of benzene rings is 4. The van der Waals surface area contributed by atoms with Gasteiger partial charge in [-0.3, -0.25) is 24.2 Å². The molecule has 54 heavy (non-hydrogen) atoms. The van der Waals surface area contributed by atoms with Crippen LogP contribution in [0.25, 0.3) is 10.1 Å². The van der Waals surface area contributed by atoms with Crippen LogP contribution in [0.15, 0.2) is 91.0 Å². The van der Waals surface area contributed by atoms with Crippen LogP contribution in [0.5, 0.6) is 5.75 Å². The Morgan fingerprint density at radius 1 is 0.741 bits per heavy atom. The zero-order valence-corrected chi connectivity index (χ0v) is 32.2. The lowest BCUT2D eigenvalue weighted by atomic mass is 9.96. The van der Waals surface area contributed by atoms with Crippen LogP contribution in [0.2, 0.25) is 0 Å². The minimum Gasteiger partial charge on any atom is -0.492 e. The Morgan fingerprint density at radius 2 is 1.37 bits per heavy atom. The van der Waals surface area contributed by atoms with Gasteiger partial charge < -0.3 is 14.4 Å². The molecule has 1 saturated heterocycles. The van der Waals surface area contributed by atoms with Gasteiger partial charge >= 0.3 is 5.97 Å². The normalized spacial score (nSPS) is 14.9. The molecule has 10 heteroatoms. The number of imide groups is 1. The number of hydrogen-bond acceptors (Lipinski definition) is 9. The van der Waals surface area contributed by atoms with Crippen LogP contribution < -0.4 is 9.64 Å². The van der Waals surface area contributed by atoms with Gasteiger partial charge in [0.25, 0.3) is 11.8 Å². The van der Waals surface area contributed by atoms with Gasteiger partial charge in [-0.1, -0.05) is 60.7 Å². The van der Waals surface area contributed by atoms with Crippen LogP contribution in [0.1, 0.15) is 70.2 Å². The monoisotopic (exact) mass is 744 g/mol. The molecule has 9 nitrogen and oxygen atoms in total. The molecule has 280 valence electrons. The summed E-state index contributed by atoms with van der Waals surface area (Å²) in [5, 5.41) is 1.24. The van der Waals surface area contributed by atoms with Crippen LogP contribution in [0.4, 0.5) is 5.82 Å². The summed E-state index contributed by atoms with van der Waals surface area (Å²) in [5.41, 5.74) is 4.70. The van der Waals surface area contributed by atoms with Gasteiger partial charge in [0.1, 0.15) is 23.8 Å². The molecule has 0 N–H and O–H groups in total. The Morgan fingerprint density at radius 3 is 2.09 bits per heavy atom. The molecule has 2 aliphatic rings. The molecule has 2 aliphatic heterocycles. The number of aryl methyl sites for hydroxylation is 3. The van der Waals surface area contributed by atoms with Crippen LogP contribution in [0, 0.1) is 0 Å². The lowest BCUT2D eigenvalue weighted by Gasteiger charge is -2.35. The summed E-state index contributed by atoms with van der Waals surface area (Å²) in [4.78, 5) is 44.9. The minimum absolute atomic E-state index is 0.235. The van der Waals surface area contributed by atoms with Gasteiger partial charge in [-0.05, 0) is 111 Å². The second kappa shape index (κ2) is 16.5. The van der Waals surface area contributed by atoms with Gasteiger partial charge in [0.2, 0.25) is 0 Å². The third-order valence-corrected chi connectivity index (χ3v) is 10.8. The number of para-hydroxylation sites is 1. The first-order valence-corrected chi connectivity index (χ1v) is 19.7. The number of carbonyl (C=O) groups is 3. The van der Waals surface area contributed by atoms with E-state index in [0.717, 1.165) is 79.4 Å². The fourth-order valence-electron chi connectivity index (χ4n) is 7.29. The van der Waals surface area contributed by atoms with E-state index in [1.165, 1.54) is 15.0 Å². The number of hydrogen-bond donors (Lipinski definition) is 0. The number of anilines is 1. The lowest BCUT2D eigenvalue weighted by molar-refractivity contribution is -0.154. The second-order valence-electron chi connectivity index (χ2n) is 15.1. The summed E-state index contributed by atoms with van der Waals surface area (Å²) in [6, 6.07) is 30.1. The molecule has 1 fully saturated rings. The second-order valence-corrected chi connectivity index (χ2v) is 15.9. The number of amides is 2. The largest absolute Gasteiger partial charge is 0.492 e. The lowest BCUT2D eigenvalue weighted by Crippen LogP contribution is -2.47. The molecule has 5 aromatic rings. The third kappa shape index (κ3) is 9.00. The van der Waals surface area contributed by atoms with Gasteiger partial charge in [0.15, 0.2) is 0 Å². The Kier molecular flexibility index (Phi) is 11.4. The summed E-state index contributed by atoms with van der Waals surface area (Å²) in [7, 11) is 0. The number of esters is 1. The first kappa shape index (κ1) is 37.3. The SMILES string of the molecule is CC(C)(C)OC(=O)CCc1cc(CCc2ccccc2OCCN2CCN(c3nsc4ccccc34)CC2)cc(CCN2C(=O)c3ccccc3C2=O)c1. The highest BCUT2D eigenvalue weighted by atomic mass is 32.1. The number of rotatable bonds is 14. The van der Waals surface area contributed by atoms with Crippen molar-refractivity contribution in [1.82, 2.24) is 14.2 Å². The Labute approximate surface area is 321 Å². The van der Waals surface area contributed by atoms with E-state index in [4.69, 9.17) is 13.8 Å². The molecule has 0 aliphatic carbocycles. The molecule has 4 aromatic carbocycles. The summed E-state index contributed by atoms with van der Waals surface area (Å²) < 4.78 is 17.9. The Bertz CT molecular complexity index is 2100. The molecule has 7 rings (SSSR count). The third-order valence-electron chi connectivity index (χ3n) is 10.0. The van der Waals surface area contributed by atoms with Crippen molar-refractivity contribution in [1.29, 1.82) is 0 Å². The van der Waals surface area contributed by atoms with Crippen molar-refractivity contribution in [3.63, 3.8) is 0 Å². The number of piperazine rings is 1. The fourth-order valence-corrected chi connectivity index (χ4v) is 8.09. The maximum Gasteiger partial charge on any atom is 0.306 e. The van der Waals surface area contributed by atoms with Gasteiger partial charge in [-0.2, -0.15) is 4.37 Å². The molecule has 0 bridgehead atoms. The van der Waals surface area contributed by atoms with Crippen molar-refractivity contribution in [3.8, 4) is 5.75 Å². The zero-order valence-electron chi connectivity index (χ0n) is 31.4. The first-order valence-electron chi connectivity index (χ1n) is 18.9. The molecule has 1 aromatic heterocycles. The number of fused-ring (bicyclic) bond motifs is 2. The Balaban J connectivity index is 0.963. The predicted octanol–water partition coefficient (Wildman–Crippen LogP) is 7.40. The molecule has 0 spiro atoms. The van der Waals surface area contributed by atoms with E-state index in [2.05, 4.69) is 58.3 Å². The summed E-state index contributed by atoms with van der Waals surface area (Å²) >= 11 is 1.57. The van der Waals surface area contributed by atoms with Crippen LogP contribution >= 0.6 is 11.5 Å². The van der Waals surface area contributed by atoms with E-state index in [0.29, 0.717) is 30.6 Å². The Hall–Kier alpha value is -5.06. The van der Waals surface area contributed by atoms with Gasteiger partial charge in [0, 0.05) is 51.1 Å². The summed E-state index contributed by atoms with van der Waals surface area (Å²) in [5.74, 6) is 1.27. The highest BCUT2D eigenvalue weighted by Crippen LogP contribution is 2.30. The van der Waals surface area contributed by atoms with Crippen molar-refractivity contribution in [2.45, 2.75) is 58.5 Å². The molecule has 0 radical (unpaired) electrons. The standard InChI is InChI=1S/C44H48N4O5S/c1-44(2,3)53-40(49)19-17-32-28-31(29-33(30-32)20-21-48-42(50)35-11-5-6-12-36(35)43(48)51)16-18-34-10-4-8-14-38(34)52-27-26-46-22-24-47(25-23-46)41-37-13-7-9-15-39(37)54-45-41/h4-15,28-30H,16-27H2,1-3H3. The quantitative estimate of drug-likeness (QED) is 0.0859. The maximum absolute atomic E-state index is 13.0. The van der Waals surface area contributed by atoms with E-state index >= 15 is 0 Å². The van der Waals surface area contributed by atoms with Crippen molar-refractivity contribution < 1.29 is 23.9 Å². The van der Waals surface area contributed by atoms with Crippen LogP contribution in [0.3, 0.4) is 0 Å². The number of carbonyl (C=O) groups excluding carboxylic acids is 3. The molecule has 2 amide bonds. The number of aromatic nitrogens is 1. The molecule has 3 heterocycles. The maximum atomic E-state index is 13.0. The van der Waals surface area contributed by atoms with Crippen molar-refractivity contribution in [3.05, 3.63) is 124 Å². The topological polar surface area (TPSA) is 92.3 Å². The number of nitrogens with zero attached hydrogens (tertiary/aromatic N) is 4. The smallest absolute Gasteiger partial charge is 0.306 e. The molecule has 0 saturated carbocycles. The van der Waals surface area contributed by atoms with Gasteiger partial charge in [-0.25, -0.2) is 0 Å². The minimum atomic E-state index is -0.543. The van der Waals surface area contributed by atoms with Gasteiger partial charge in [-0.15, -0.1) is 0 Å². The molecular weight excluding hydrogens is 697 g/mol. The van der Waals surface area contributed by atoms with E-state index in [1.807, 2.05) is 39.0 Å².